The van der Waals surface area contributed by atoms with Crippen LogP contribution in [0.2, 0.25) is 0 Å². The highest BCUT2D eigenvalue weighted by molar-refractivity contribution is 5.36. The van der Waals surface area contributed by atoms with Crippen LogP contribution < -0.4 is 4.90 Å². The lowest BCUT2D eigenvalue weighted by Crippen LogP contribution is -2.30. The molecule has 1 radical (unpaired) electrons. The van der Waals surface area contributed by atoms with Gasteiger partial charge in [0.15, 0.2) is 0 Å². The molecule has 0 atom stereocenters. The van der Waals surface area contributed by atoms with E-state index in [-0.39, 0.29) is 0 Å². The molecule has 12 heavy (non-hydrogen) atoms. The summed E-state index contributed by atoms with van der Waals surface area (Å²) in [4.78, 5) is 10.3. The Morgan fingerprint density at radius 1 is 1.25 bits per heavy atom. The maximum absolute atomic E-state index is 4.19. The number of rotatable bonds is 1. The quantitative estimate of drug-likeness (QED) is 0.622. The number of hydrogen-bond acceptors (Lipinski definition) is 3. The van der Waals surface area contributed by atoms with Crippen molar-refractivity contribution in [2.45, 2.75) is 19.3 Å². The Labute approximate surface area is 72.4 Å². The molecule has 1 saturated heterocycles. The maximum atomic E-state index is 4.19. The molecule has 1 aromatic rings. The van der Waals surface area contributed by atoms with E-state index in [2.05, 4.69) is 21.1 Å². The van der Waals surface area contributed by atoms with Gasteiger partial charge in [-0.3, -0.25) is 0 Å². The van der Waals surface area contributed by atoms with Crippen LogP contribution in [-0.4, -0.2) is 23.1 Å². The summed E-state index contributed by atoms with van der Waals surface area (Å²) in [6, 6.07) is 1.85. The van der Waals surface area contributed by atoms with Crippen LogP contribution in [0.3, 0.4) is 0 Å². The first-order valence-corrected chi connectivity index (χ1v) is 4.40. The lowest BCUT2D eigenvalue weighted by atomic mass is 10.1. The van der Waals surface area contributed by atoms with E-state index in [4.69, 9.17) is 0 Å². The first kappa shape index (κ1) is 7.53. The fourth-order valence-electron chi connectivity index (χ4n) is 1.55. The Balaban J connectivity index is 2.08. The van der Waals surface area contributed by atoms with Gasteiger partial charge in [-0.25, -0.2) is 9.97 Å². The number of piperidine rings is 1. The number of hydrogen-bond donors (Lipinski definition) is 0. The fourth-order valence-corrected chi connectivity index (χ4v) is 1.55. The molecule has 1 fully saturated rings. The van der Waals surface area contributed by atoms with Crippen LogP contribution in [0.25, 0.3) is 0 Å². The lowest BCUT2D eigenvalue weighted by molar-refractivity contribution is 0.573. The third kappa shape index (κ3) is 1.55. The fraction of sp³-hybridized carbons (Fsp3) is 0.556. The van der Waals surface area contributed by atoms with Gasteiger partial charge < -0.3 is 4.90 Å². The van der Waals surface area contributed by atoms with Gasteiger partial charge >= 0.3 is 0 Å². The van der Waals surface area contributed by atoms with Crippen LogP contribution in [0.5, 0.6) is 0 Å². The lowest BCUT2D eigenvalue weighted by Gasteiger charge is -2.27. The highest BCUT2D eigenvalue weighted by Gasteiger charge is 2.10. The summed E-state index contributed by atoms with van der Waals surface area (Å²) < 4.78 is 0. The van der Waals surface area contributed by atoms with Crippen molar-refractivity contribution < 1.29 is 0 Å². The van der Waals surface area contributed by atoms with Gasteiger partial charge in [-0.05, 0) is 19.3 Å². The van der Waals surface area contributed by atoms with Gasteiger partial charge in [-0.2, -0.15) is 0 Å². The minimum absolute atomic E-state index is 1.02. The first-order chi connectivity index (χ1) is 5.97. The predicted molar refractivity (Wildman–Crippen MR) is 46.9 cm³/mol. The van der Waals surface area contributed by atoms with E-state index in [9.17, 15) is 0 Å². The van der Waals surface area contributed by atoms with Gasteiger partial charge in [0.1, 0.15) is 12.1 Å². The van der Waals surface area contributed by atoms with Crippen molar-refractivity contribution in [1.82, 2.24) is 9.97 Å². The molecule has 1 aliphatic rings. The van der Waals surface area contributed by atoms with Crippen LogP contribution >= 0.6 is 0 Å². The number of nitrogens with zero attached hydrogens (tertiary/aromatic N) is 3. The molecule has 0 N–H and O–H groups in total. The zero-order chi connectivity index (χ0) is 8.23. The largest absolute Gasteiger partial charge is 0.357 e. The molecule has 0 spiro atoms. The molecule has 0 bridgehead atoms. The van der Waals surface area contributed by atoms with Gasteiger partial charge in [0.25, 0.3) is 0 Å². The van der Waals surface area contributed by atoms with Gasteiger partial charge in [0, 0.05) is 19.2 Å². The third-order valence-electron chi connectivity index (χ3n) is 2.20. The second-order valence-electron chi connectivity index (χ2n) is 3.05. The molecular formula is C9H12N3. The van der Waals surface area contributed by atoms with Gasteiger partial charge in [0.05, 0.1) is 6.20 Å². The Bertz CT molecular complexity index is 229. The highest BCUT2D eigenvalue weighted by atomic mass is 15.2. The van der Waals surface area contributed by atoms with Crippen molar-refractivity contribution in [2.24, 2.45) is 0 Å². The molecule has 0 amide bonds. The van der Waals surface area contributed by atoms with E-state index in [1.54, 1.807) is 6.33 Å². The van der Waals surface area contributed by atoms with E-state index in [1.807, 2.05) is 6.07 Å². The molecule has 0 aliphatic carbocycles. The topological polar surface area (TPSA) is 29.0 Å². The second kappa shape index (κ2) is 3.52. The van der Waals surface area contributed by atoms with E-state index >= 15 is 0 Å². The Morgan fingerprint density at radius 3 is 2.75 bits per heavy atom. The average molecular weight is 162 g/mol. The Kier molecular flexibility index (Phi) is 2.21. The minimum Gasteiger partial charge on any atom is -0.357 e. The standard InChI is InChI=1S/C9H12N3/c1-2-6-12(7-3-1)9-4-5-10-8-11-9/h4,8H,1-3,6-7H2. The maximum Gasteiger partial charge on any atom is 0.132 e. The van der Waals surface area contributed by atoms with Crippen molar-refractivity contribution >= 4 is 5.82 Å². The minimum atomic E-state index is 1.02. The zero-order valence-corrected chi connectivity index (χ0v) is 7.03. The van der Waals surface area contributed by atoms with Gasteiger partial charge in [-0.15, -0.1) is 0 Å². The SMILES string of the molecule is [c]1cc(N2CCCCC2)ncn1. The van der Waals surface area contributed by atoms with Crippen LogP contribution in [-0.2, 0) is 0 Å². The summed E-state index contributed by atoms with van der Waals surface area (Å²) in [5, 5.41) is 0. The molecule has 1 aromatic heterocycles. The average Bonchev–Trinajstić information content (AvgIpc) is 2.21. The molecular weight excluding hydrogens is 150 g/mol. The van der Waals surface area contributed by atoms with Crippen molar-refractivity contribution in [1.29, 1.82) is 0 Å². The van der Waals surface area contributed by atoms with Crippen LogP contribution in [0.4, 0.5) is 5.82 Å². The van der Waals surface area contributed by atoms with Crippen LogP contribution in [0.15, 0.2) is 12.4 Å². The Morgan fingerprint density at radius 2 is 2.08 bits per heavy atom. The summed E-state index contributed by atoms with van der Waals surface area (Å²) in [6.07, 6.45) is 8.28. The number of anilines is 1. The molecule has 2 rings (SSSR count). The van der Waals surface area contributed by atoms with E-state index in [0.29, 0.717) is 0 Å². The van der Waals surface area contributed by atoms with E-state index in [1.165, 1.54) is 19.3 Å². The summed E-state index contributed by atoms with van der Waals surface area (Å²) >= 11 is 0. The normalized spacial score (nSPS) is 17.8. The third-order valence-corrected chi connectivity index (χ3v) is 2.20. The van der Waals surface area contributed by atoms with Gasteiger partial charge in [0.2, 0.25) is 0 Å². The summed E-state index contributed by atoms with van der Waals surface area (Å²) in [6.45, 7) is 2.26. The molecule has 1 aliphatic heterocycles. The molecule has 3 nitrogen and oxygen atoms in total. The number of aromatic nitrogens is 2. The van der Waals surface area contributed by atoms with Crippen molar-refractivity contribution in [3.05, 3.63) is 18.6 Å². The highest BCUT2D eigenvalue weighted by Crippen LogP contribution is 2.15. The summed E-state index contributed by atoms with van der Waals surface area (Å²) in [7, 11) is 0. The Hall–Kier alpha value is -1.12. The molecule has 0 saturated carbocycles. The van der Waals surface area contributed by atoms with E-state index in [0.717, 1.165) is 18.9 Å². The zero-order valence-electron chi connectivity index (χ0n) is 7.03. The monoisotopic (exact) mass is 162 g/mol. The first-order valence-electron chi connectivity index (χ1n) is 4.40. The van der Waals surface area contributed by atoms with Gasteiger partial charge in [-0.1, -0.05) is 0 Å². The van der Waals surface area contributed by atoms with Crippen molar-refractivity contribution in [3.63, 3.8) is 0 Å². The molecule has 0 unspecified atom stereocenters. The molecule has 63 valence electrons. The van der Waals surface area contributed by atoms with Crippen LogP contribution in [0.1, 0.15) is 19.3 Å². The summed E-state index contributed by atoms with van der Waals surface area (Å²) in [5.41, 5.74) is 0. The van der Waals surface area contributed by atoms with Crippen molar-refractivity contribution in [2.75, 3.05) is 18.0 Å². The smallest absolute Gasteiger partial charge is 0.132 e. The molecule has 2 heterocycles. The molecule has 0 aromatic carbocycles. The predicted octanol–water partition coefficient (Wildman–Crippen LogP) is 1.27. The summed E-state index contributed by atoms with van der Waals surface area (Å²) in [5.74, 6) is 1.02. The van der Waals surface area contributed by atoms with Crippen LogP contribution in [0, 0.1) is 6.20 Å². The van der Waals surface area contributed by atoms with E-state index < -0.39 is 0 Å². The molecule has 3 heteroatoms. The second-order valence-corrected chi connectivity index (χ2v) is 3.05. The van der Waals surface area contributed by atoms with Crippen molar-refractivity contribution in [3.8, 4) is 0 Å².